The molecule has 5 aliphatic rings. The molecule has 3 unspecified atom stereocenters. The number of aromatic amines is 1. The van der Waals surface area contributed by atoms with Gasteiger partial charge in [-0.25, -0.2) is 9.37 Å². The van der Waals surface area contributed by atoms with Crippen molar-refractivity contribution < 1.29 is 23.5 Å². The summed E-state index contributed by atoms with van der Waals surface area (Å²) in [5.74, 6) is 0.124. The van der Waals surface area contributed by atoms with Crippen LogP contribution in [0.2, 0.25) is 0 Å². The third-order valence-electron chi connectivity index (χ3n) is 8.45. The summed E-state index contributed by atoms with van der Waals surface area (Å²) < 4.78 is 25.3. The predicted octanol–water partition coefficient (Wildman–Crippen LogP) is 3.08. The van der Waals surface area contributed by atoms with Crippen LogP contribution in [0.5, 0.6) is 5.88 Å². The summed E-state index contributed by atoms with van der Waals surface area (Å²) in [5.41, 5.74) is 0.579. The number of aromatic nitrogens is 3. The zero-order valence-corrected chi connectivity index (χ0v) is 20.5. The van der Waals surface area contributed by atoms with Gasteiger partial charge in [0.1, 0.15) is 0 Å². The van der Waals surface area contributed by atoms with Crippen LogP contribution in [-0.2, 0) is 9.53 Å². The first-order chi connectivity index (χ1) is 17.4. The Hall–Kier alpha value is -3.01. The SMILES string of the molecule is COc1cc(-c2cc(C(=O)N3CC[C@H](C(=O)NC4CC5CCC(C4)OC5)CC34CC4)n[nH]2)c(F)cn1. The van der Waals surface area contributed by atoms with E-state index in [4.69, 9.17) is 9.47 Å². The van der Waals surface area contributed by atoms with Crippen molar-refractivity contribution in [3.05, 3.63) is 29.8 Å². The number of hydrogen-bond donors (Lipinski definition) is 2. The number of fused-ring (bicyclic) bond motifs is 4. The lowest BCUT2D eigenvalue weighted by Crippen LogP contribution is -2.51. The number of rotatable bonds is 5. The average molecular weight is 498 g/mol. The minimum absolute atomic E-state index is 0.0912. The van der Waals surface area contributed by atoms with Crippen molar-refractivity contribution in [2.75, 3.05) is 20.3 Å². The summed E-state index contributed by atoms with van der Waals surface area (Å²) in [6.45, 7) is 1.33. The lowest BCUT2D eigenvalue weighted by Gasteiger charge is -2.39. The average Bonchev–Trinajstić information content (AvgIpc) is 3.57. The summed E-state index contributed by atoms with van der Waals surface area (Å²) >= 11 is 0. The van der Waals surface area contributed by atoms with Crippen molar-refractivity contribution in [2.45, 2.75) is 69.1 Å². The molecule has 0 radical (unpaired) electrons. The molecule has 0 aromatic carbocycles. The number of methoxy groups -OCH3 is 1. The van der Waals surface area contributed by atoms with Gasteiger partial charge in [-0.05, 0) is 63.4 Å². The van der Waals surface area contributed by atoms with Crippen LogP contribution in [0.4, 0.5) is 4.39 Å². The fourth-order valence-electron chi connectivity index (χ4n) is 6.28. The highest BCUT2D eigenvalue weighted by Crippen LogP contribution is 2.50. The summed E-state index contributed by atoms with van der Waals surface area (Å²) in [6, 6.07) is 3.22. The first-order valence-electron chi connectivity index (χ1n) is 12.9. The lowest BCUT2D eigenvalue weighted by atomic mass is 9.87. The number of nitrogens with zero attached hydrogens (tertiary/aromatic N) is 3. The number of carbonyl (C=O) groups excluding carboxylic acids is 2. The van der Waals surface area contributed by atoms with Crippen molar-refractivity contribution in [1.29, 1.82) is 0 Å². The van der Waals surface area contributed by atoms with Gasteiger partial charge in [-0.15, -0.1) is 0 Å². The Kier molecular flexibility index (Phi) is 5.94. The monoisotopic (exact) mass is 497 g/mol. The van der Waals surface area contributed by atoms with E-state index in [1.807, 2.05) is 4.90 Å². The number of ether oxygens (including phenoxy) is 2. The van der Waals surface area contributed by atoms with Crippen LogP contribution in [0.3, 0.4) is 0 Å². The van der Waals surface area contributed by atoms with E-state index in [1.54, 1.807) is 6.07 Å². The largest absolute Gasteiger partial charge is 0.481 e. The highest BCUT2D eigenvalue weighted by atomic mass is 19.1. The number of hydrogen-bond acceptors (Lipinski definition) is 6. The van der Waals surface area contributed by atoms with Gasteiger partial charge in [0.05, 0.1) is 25.1 Å². The maximum atomic E-state index is 14.3. The molecule has 2 bridgehead atoms. The number of piperidine rings is 1. The third-order valence-corrected chi connectivity index (χ3v) is 8.45. The van der Waals surface area contributed by atoms with Gasteiger partial charge < -0.3 is 19.7 Å². The normalized spacial score (nSPS) is 28.6. The lowest BCUT2D eigenvalue weighted by molar-refractivity contribution is -0.128. The number of amides is 2. The molecule has 5 heterocycles. The van der Waals surface area contributed by atoms with Gasteiger partial charge in [0, 0.05) is 42.3 Å². The summed E-state index contributed by atoms with van der Waals surface area (Å²) in [5, 5.41) is 10.3. The molecule has 7 rings (SSSR count). The smallest absolute Gasteiger partial charge is 0.274 e. The Bertz CT molecular complexity index is 1140. The number of carbonyl (C=O) groups is 2. The van der Waals surface area contributed by atoms with Crippen LogP contribution >= 0.6 is 0 Å². The first-order valence-corrected chi connectivity index (χ1v) is 12.9. The standard InChI is InChI=1S/C26H32FN5O4/c1-35-23-10-19(20(27)13-28-23)21-11-22(31-30-21)25(34)32-7-4-16(12-26(32)5-6-26)24(33)29-17-8-15-2-3-18(9-17)36-14-15/h10-11,13,15-18H,2-9,12,14H2,1H3,(H,29,33)(H,30,31)/t15?,16-,17?,18?/m0/s1. The maximum absolute atomic E-state index is 14.3. The zero-order valence-electron chi connectivity index (χ0n) is 20.5. The van der Waals surface area contributed by atoms with Crippen LogP contribution in [0.1, 0.15) is 61.9 Å². The number of halogens is 1. The van der Waals surface area contributed by atoms with Crippen molar-refractivity contribution >= 4 is 11.8 Å². The van der Waals surface area contributed by atoms with Gasteiger partial charge >= 0.3 is 0 Å². The van der Waals surface area contributed by atoms with Crippen LogP contribution in [0.25, 0.3) is 11.3 Å². The maximum Gasteiger partial charge on any atom is 0.274 e. The molecule has 2 N–H and O–H groups in total. The molecule has 2 aromatic heterocycles. The van der Waals surface area contributed by atoms with Crippen LogP contribution < -0.4 is 10.1 Å². The highest BCUT2D eigenvalue weighted by molar-refractivity contribution is 5.94. The Morgan fingerprint density at radius 2 is 2.11 bits per heavy atom. The minimum Gasteiger partial charge on any atom is -0.481 e. The molecule has 10 heteroatoms. The van der Waals surface area contributed by atoms with E-state index >= 15 is 0 Å². The van der Waals surface area contributed by atoms with Gasteiger partial charge in [0.2, 0.25) is 11.8 Å². The third kappa shape index (κ3) is 4.36. The second-order valence-electron chi connectivity index (χ2n) is 10.8. The molecular formula is C26H32FN5O4. The van der Waals surface area contributed by atoms with Crippen molar-refractivity contribution in [1.82, 2.24) is 25.4 Å². The first kappa shape index (κ1) is 23.4. The molecule has 2 aromatic rings. The van der Waals surface area contributed by atoms with Crippen molar-refractivity contribution in [3.8, 4) is 17.1 Å². The molecule has 5 fully saturated rings. The fourth-order valence-corrected chi connectivity index (χ4v) is 6.28. The Balaban J connectivity index is 1.11. The Morgan fingerprint density at radius 1 is 1.25 bits per heavy atom. The predicted molar refractivity (Wildman–Crippen MR) is 128 cm³/mol. The van der Waals surface area contributed by atoms with Gasteiger partial charge in [0.25, 0.3) is 5.91 Å². The minimum atomic E-state index is -0.530. The molecule has 2 saturated carbocycles. The number of likely N-dealkylation sites (tertiary alicyclic amines) is 1. The van der Waals surface area contributed by atoms with Crippen LogP contribution in [0.15, 0.2) is 18.3 Å². The molecule has 2 aliphatic carbocycles. The highest BCUT2D eigenvalue weighted by Gasteiger charge is 2.55. The van der Waals surface area contributed by atoms with Crippen molar-refractivity contribution in [3.63, 3.8) is 0 Å². The van der Waals surface area contributed by atoms with E-state index in [2.05, 4.69) is 20.5 Å². The molecule has 36 heavy (non-hydrogen) atoms. The van der Waals surface area contributed by atoms with E-state index in [0.29, 0.717) is 31.0 Å². The molecule has 2 amide bonds. The summed E-state index contributed by atoms with van der Waals surface area (Å²) in [6.07, 6.45) is 8.60. The van der Waals surface area contributed by atoms with E-state index in [1.165, 1.54) is 19.6 Å². The molecule has 192 valence electrons. The molecule has 4 atom stereocenters. The van der Waals surface area contributed by atoms with Gasteiger partial charge in [-0.3, -0.25) is 14.7 Å². The van der Waals surface area contributed by atoms with E-state index < -0.39 is 5.82 Å². The second-order valence-corrected chi connectivity index (χ2v) is 10.8. The molecule has 3 saturated heterocycles. The summed E-state index contributed by atoms with van der Waals surface area (Å²) in [4.78, 5) is 32.3. The Labute approximate surface area is 209 Å². The van der Waals surface area contributed by atoms with E-state index in [-0.39, 0.29) is 52.6 Å². The quantitative estimate of drug-likeness (QED) is 0.657. The molecule has 9 nitrogen and oxygen atoms in total. The molecule has 1 spiro atoms. The van der Waals surface area contributed by atoms with Crippen LogP contribution in [0, 0.1) is 17.7 Å². The number of H-pyrrole nitrogens is 1. The van der Waals surface area contributed by atoms with E-state index in [9.17, 15) is 14.0 Å². The van der Waals surface area contributed by atoms with Gasteiger partial charge in [0.15, 0.2) is 11.5 Å². The molecule has 3 aliphatic heterocycles. The van der Waals surface area contributed by atoms with E-state index in [0.717, 1.165) is 44.9 Å². The fraction of sp³-hybridized carbons (Fsp3) is 0.615. The Morgan fingerprint density at radius 3 is 2.86 bits per heavy atom. The molecular weight excluding hydrogens is 465 g/mol. The topological polar surface area (TPSA) is 109 Å². The number of pyridine rings is 1. The zero-order chi connectivity index (χ0) is 24.9. The van der Waals surface area contributed by atoms with Crippen LogP contribution in [-0.4, -0.2) is 69.8 Å². The van der Waals surface area contributed by atoms with Gasteiger partial charge in [-0.2, -0.15) is 5.10 Å². The van der Waals surface area contributed by atoms with Gasteiger partial charge in [-0.1, -0.05) is 0 Å². The second kappa shape index (κ2) is 9.14. The summed E-state index contributed by atoms with van der Waals surface area (Å²) in [7, 11) is 1.46. The van der Waals surface area contributed by atoms with Crippen molar-refractivity contribution in [2.24, 2.45) is 11.8 Å². The number of nitrogens with one attached hydrogen (secondary N) is 2.